The van der Waals surface area contributed by atoms with Crippen molar-refractivity contribution in [2.75, 3.05) is 6.61 Å². The normalized spacial score (nSPS) is 9.89. The van der Waals surface area contributed by atoms with Crippen molar-refractivity contribution in [3.63, 3.8) is 0 Å². The van der Waals surface area contributed by atoms with Gasteiger partial charge in [0.15, 0.2) is 0 Å². The topological polar surface area (TPSA) is 102 Å². The second kappa shape index (κ2) is 5.97. The summed E-state index contributed by atoms with van der Waals surface area (Å²) in [6.07, 6.45) is 1.55. The summed E-state index contributed by atoms with van der Waals surface area (Å²) in [6.45, 7) is 1.90. The average molecular weight is 276 g/mol. The Morgan fingerprint density at radius 1 is 1.58 bits per heavy atom. The number of hydrogen-bond donors (Lipinski definition) is 0. The quantitative estimate of drug-likeness (QED) is 0.777. The fourth-order valence-electron chi connectivity index (χ4n) is 1.17. The Bertz CT molecular complexity index is 635. The number of esters is 1. The minimum Gasteiger partial charge on any atom is -0.459 e. The van der Waals surface area contributed by atoms with E-state index in [2.05, 4.69) is 15.2 Å². The van der Waals surface area contributed by atoms with Crippen molar-refractivity contribution >= 4 is 17.7 Å². The summed E-state index contributed by atoms with van der Waals surface area (Å²) in [4.78, 5) is 15.4. The van der Waals surface area contributed by atoms with E-state index in [4.69, 9.17) is 14.4 Å². The van der Waals surface area contributed by atoms with Crippen molar-refractivity contribution in [1.82, 2.24) is 15.2 Å². The predicted molar refractivity (Wildman–Crippen MR) is 63.3 cm³/mol. The van der Waals surface area contributed by atoms with Crippen LogP contribution >= 0.6 is 11.8 Å². The largest absolute Gasteiger partial charge is 0.459 e. The molecule has 0 unspecified atom stereocenters. The van der Waals surface area contributed by atoms with Gasteiger partial charge in [0.05, 0.1) is 12.2 Å². The molecule has 0 atom stereocenters. The number of carbonyl (C=O) groups excluding carboxylic acids is 1. The molecule has 7 nitrogen and oxygen atoms in total. The van der Waals surface area contributed by atoms with Gasteiger partial charge in [-0.2, -0.15) is 5.26 Å². The summed E-state index contributed by atoms with van der Waals surface area (Å²) in [5.74, 6) is -0.901. The van der Waals surface area contributed by atoms with E-state index in [0.717, 1.165) is 11.8 Å². The van der Waals surface area contributed by atoms with Gasteiger partial charge in [-0.1, -0.05) is 5.10 Å². The molecule has 2 heterocycles. The van der Waals surface area contributed by atoms with Gasteiger partial charge in [-0.05, 0) is 30.8 Å². The molecule has 0 aliphatic carbocycles. The number of ether oxygens (including phenoxy) is 1. The van der Waals surface area contributed by atoms with Gasteiger partial charge in [0.2, 0.25) is 0 Å². The highest BCUT2D eigenvalue weighted by molar-refractivity contribution is 7.99. The Morgan fingerprint density at radius 3 is 3.16 bits per heavy atom. The molecule has 0 N–H and O–H groups in total. The molecule has 0 aromatic carbocycles. The lowest BCUT2D eigenvalue weighted by Gasteiger charge is -1.97. The molecule has 0 aliphatic heterocycles. The third kappa shape index (κ3) is 3.08. The van der Waals surface area contributed by atoms with Gasteiger partial charge >= 0.3 is 11.9 Å². The van der Waals surface area contributed by atoms with E-state index in [1.807, 2.05) is 6.07 Å². The van der Waals surface area contributed by atoms with E-state index in [0.29, 0.717) is 10.6 Å². The number of rotatable bonds is 4. The van der Waals surface area contributed by atoms with Crippen LogP contribution in [0.5, 0.6) is 0 Å². The Morgan fingerprint density at radius 2 is 2.42 bits per heavy atom. The molecular weight excluding hydrogens is 268 g/mol. The van der Waals surface area contributed by atoms with Crippen molar-refractivity contribution < 1.29 is 13.9 Å². The van der Waals surface area contributed by atoms with Crippen LogP contribution < -0.4 is 0 Å². The highest BCUT2D eigenvalue weighted by atomic mass is 32.2. The van der Waals surface area contributed by atoms with E-state index in [1.165, 1.54) is 0 Å². The first-order valence-electron chi connectivity index (χ1n) is 5.28. The maximum atomic E-state index is 11.3. The molecule has 96 valence electrons. The smallest absolute Gasteiger partial charge is 0.396 e. The molecule has 0 saturated carbocycles. The van der Waals surface area contributed by atoms with Crippen LogP contribution in [0.1, 0.15) is 23.2 Å². The van der Waals surface area contributed by atoms with Gasteiger partial charge in [0.1, 0.15) is 11.1 Å². The summed E-state index contributed by atoms with van der Waals surface area (Å²) < 4.78 is 9.84. The molecule has 2 aromatic rings. The molecular formula is C11H8N4O3S. The zero-order valence-electron chi connectivity index (χ0n) is 9.86. The van der Waals surface area contributed by atoms with Crippen molar-refractivity contribution in [3.05, 3.63) is 29.8 Å². The maximum Gasteiger partial charge on any atom is 0.396 e. The lowest BCUT2D eigenvalue weighted by molar-refractivity contribution is 0.0475. The number of hydrogen-bond acceptors (Lipinski definition) is 8. The number of aromatic nitrogens is 3. The van der Waals surface area contributed by atoms with Crippen LogP contribution in [-0.4, -0.2) is 27.8 Å². The lowest BCUT2D eigenvalue weighted by Crippen LogP contribution is -2.04. The standard InChI is InChI=1S/C11H8N4O3S/c1-2-17-10(16)8-14-15-11(18-8)19-9-7(6-12)4-3-5-13-9/h3-5H,2H2,1H3. The number of nitrogens with zero attached hydrogens (tertiary/aromatic N) is 4. The Labute approximate surface area is 112 Å². The summed E-state index contributed by atoms with van der Waals surface area (Å²) in [7, 11) is 0. The SMILES string of the molecule is CCOC(=O)c1nnc(Sc2ncccc2C#N)o1. The van der Waals surface area contributed by atoms with Gasteiger partial charge in [-0.15, -0.1) is 5.10 Å². The van der Waals surface area contributed by atoms with Crippen LogP contribution in [0.15, 0.2) is 33.0 Å². The summed E-state index contributed by atoms with van der Waals surface area (Å²) in [6, 6.07) is 5.28. The molecule has 0 bridgehead atoms. The first-order chi connectivity index (χ1) is 9.24. The van der Waals surface area contributed by atoms with Crippen LogP contribution in [0, 0.1) is 11.3 Å². The van der Waals surface area contributed by atoms with Crippen molar-refractivity contribution in [3.8, 4) is 6.07 Å². The fraction of sp³-hybridized carbons (Fsp3) is 0.182. The minimum atomic E-state index is -0.677. The molecule has 0 saturated heterocycles. The second-order valence-electron chi connectivity index (χ2n) is 3.16. The highest BCUT2D eigenvalue weighted by Gasteiger charge is 2.17. The monoisotopic (exact) mass is 276 g/mol. The Hall–Kier alpha value is -2.40. The molecule has 0 amide bonds. The maximum absolute atomic E-state index is 11.3. The Balaban J connectivity index is 2.16. The van der Waals surface area contributed by atoms with E-state index in [-0.39, 0.29) is 17.7 Å². The van der Waals surface area contributed by atoms with Gasteiger partial charge in [0, 0.05) is 6.20 Å². The summed E-state index contributed by atoms with van der Waals surface area (Å²) in [5.41, 5.74) is 0.392. The van der Waals surface area contributed by atoms with Gasteiger partial charge < -0.3 is 9.15 Å². The molecule has 8 heteroatoms. The highest BCUT2D eigenvalue weighted by Crippen LogP contribution is 2.27. The first kappa shape index (κ1) is 13.0. The van der Waals surface area contributed by atoms with E-state index in [9.17, 15) is 4.79 Å². The van der Waals surface area contributed by atoms with Crippen molar-refractivity contribution in [2.45, 2.75) is 17.2 Å². The summed E-state index contributed by atoms with van der Waals surface area (Å²) in [5, 5.41) is 16.7. The molecule has 0 aliphatic rings. The number of carbonyl (C=O) groups is 1. The van der Waals surface area contributed by atoms with Crippen LogP contribution in [0.25, 0.3) is 0 Å². The van der Waals surface area contributed by atoms with Crippen molar-refractivity contribution in [2.24, 2.45) is 0 Å². The van der Waals surface area contributed by atoms with E-state index >= 15 is 0 Å². The van der Waals surface area contributed by atoms with Crippen LogP contribution in [-0.2, 0) is 4.74 Å². The van der Waals surface area contributed by atoms with E-state index in [1.54, 1.807) is 25.3 Å². The molecule has 2 aromatic heterocycles. The summed E-state index contributed by atoms with van der Waals surface area (Å²) >= 11 is 1.01. The minimum absolute atomic E-state index is 0.123. The number of pyridine rings is 1. The number of nitriles is 1. The zero-order valence-corrected chi connectivity index (χ0v) is 10.7. The average Bonchev–Trinajstić information content (AvgIpc) is 2.88. The van der Waals surface area contributed by atoms with Crippen LogP contribution in [0.4, 0.5) is 0 Å². The molecule has 0 radical (unpaired) electrons. The predicted octanol–water partition coefficient (Wildman–Crippen LogP) is 1.66. The molecule has 19 heavy (non-hydrogen) atoms. The van der Waals surface area contributed by atoms with Gasteiger partial charge in [-0.25, -0.2) is 9.78 Å². The van der Waals surface area contributed by atoms with Crippen LogP contribution in [0.3, 0.4) is 0 Å². The Kier molecular flexibility index (Phi) is 4.10. The molecule has 0 fully saturated rings. The van der Waals surface area contributed by atoms with E-state index < -0.39 is 5.97 Å². The van der Waals surface area contributed by atoms with Gasteiger partial charge in [-0.3, -0.25) is 0 Å². The zero-order chi connectivity index (χ0) is 13.7. The third-order valence-electron chi connectivity index (χ3n) is 1.93. The van der Waals surface area contributed by atoms with Gasteiger partial charge in [0.25, 0.3) is 5.22 Å². The first-order valence-corrected chi connectivity index (χ1v) is 6.09. The second-order valence-corrected chi connectivity index (χ2v) is 4.10. The fourth-order valence-corrected chi connectivity index (χ4v) is 1.87. The molecule has 2 rings (SSSR count). The van der Waals surface area contributed by atoms with Crippen molar-refractivity contribution in [1.29, 1.82) is 5.26 Å². The molecule has 0 spiro atoms. The van der Waals surface area contributed by atoms with Crippen LogP contribution in [0.2, 0.25) is 0 Å². The third-order valence-corrected chi connectivity index (χ3v) is 2.79. The lowest BCUT2D eigenvalue weighted by atomic mass is 10.3.